The molecular formula is C64H86N24O3. The fourth-order valence-electron chi connectivity index (χ4n) is 11.0. The number of aliphatic hydroxyl groups is 3. The first-order chi connectivity index (χ1) is 43.9. The molecule has 0 aliphatic heterocycles. The van der Waals surface area contributed by atoms with Gasteiger partial charge in [0.15, 0.2) is 0 Å². The molecule has 12 rings (SSSR count). The van der Waals surface area contributed by atoms with Gasteiger partial charge in [0.1, 0.15) is 0 Å². The van der Waals surface area contributed by atoms with Crippen molar-refractivity contribution in [1.82, 2.24) is 107 Å². The Kier molecular flexibility index (Phi) is 20.5. The van der Waals surface area contributed by atoms with Crippen molar-refractivity contribution in [3.8, 4) is 67.5 Å². The number of hydrogen-bond donors (Lipinski definition) is 5. The summed E-state index contributed by atoms with van der Waals surface area (Å²) in [7, 11) is 3.88. The number of nitrogens with two attached hydrogens (primary N) is 2. The average molecular weight is 1240 g/mol. The first-order valence-electron chi connectivity index (χ1n) is 31.3. The molecule has 12 aromatic rings. The summed E-state index contributed by atoms with van der Waals surface area (Å²) in [5.41, 5.74) is 23.6. The van der Waals surface area contributed by atoms with Crippen molar-refractivity contribution in [2.45, 2.75) is 156 Å². The van der Waals surface area contributed by atoms with Crippen molar-refractivity contribution in [3.63, 3.8) is 0 Å². The predicted octanol–water partition coefficient (Wildman–Crippen LogP) is 7.79. The van der Waals surface area contributed by atoms with Crippen LogP contribution < -0.4 is 11.5 Å². The van der Waals surface area contributed by atoms with E-state index in [4.69, 9.17) is 26.4 Å². The summed E-state index contributed by atoms with van der Waals surface area (Å²) >= 11 is 0. The lowest BCUT2D eigenvalue weighted by Crippen LogP contribution is -2.45. The second-order valence-corrected chi connectivity index (χ2v) is 23.9. The quantitative estimate of drug-likeness (QED) is 0.0364. The molecule has 7 N–H and O–H groups in total. The molecule has 3 atom stereocenters. The minimum absolute atomic E-state index is 0.192. The monoisotopic (exact) mass is 1240 g/mol. The molecule has 0 aliphatic rings. The number of fused-ring (bicyclic) bond motifs is 3. The summed E-state index contributed by atoms with van der Waals surface area (Å²) in [6, 6.07) is 6.55. The van der Waals surface area contributed by atoms with Crippen molar-refractivity contribution >= 4 is 16.6 Å². The van der Waals surface area contributed by atoms with Gasteiger partial charge in [-0.05, 0) is 84.7 Å². The molecule has 0 saturated heterocycles. The average Bonchev–Trinajstić information content (AvgIpc) is 1.76. The van der Waals surface area contributed by atoms with Gasteiger partial charge < -0.3 is 31.7 Å². The van der Waals surface area contributed by atoms with E-state index in [0.717, 1.165) is 123 Å². The topological polar surface area (TPSA) is 313 Å². The Hall–Kier alpha value is -9.12. The number of likely N-dealkylation sites (N-methyl/N-ethyl adjacent to an activating group) is 1. The number of nitrogens with zero attached hydrogens (tertiary/aromatic N) is 22. The Labute approximate surface area is 528 Å². The molecule has 0 saturated carbocycles. The summed E-state index contributed by atoms with van der Waals surface area (Å²) in [4.78, 5) is 16.7. The van der Waals surface area contributed by atoms with E-state index in [0.29, 0.717) is 44.3 Å². The highest BCUT2D eigenvalue weighted by Gasteiger charge is 2.25. The third-order valence-electron chi connectivity index (χ3n) is 16.5. The van der Waals surface area contributed by atoms with Crippen LogP contribution in [0, 0.1) is 0 Å². The molecule has 480 valence electrons. The minimum atomic E-state index is -0.986. The molecule has 0 bridgehead atoms. The Balaban J connectivity index is 0.000000150. The van der Waals surface area contributed by atoms with Crippen molar-refractivity contribution < 1.29 is 15.3 Å². The van der Waals surface area contributed by atoms with Crippen LogP contribution in [-0.4, -0.2) is 174 Å². The lowest BCUT2D eigenvalue weighted by molar-refractivity contribution is 0.0448. The summed E-state index contributed by atoms with van der Waals surface area (Å²) in [5, 5.41) is 70.2. The van der Waals surface area contributed by atoms with Crippen LogP contribution in [0.15, 0.2) is 130 Å². The van der Waals surface area contributed by atoms with Gasteiger partial charge in [-0.1, -0.05) is 41.5 Å². The zero-order chi connectivity index (χ0) is 64.5. The predicted molar refractivity (Wildman–Crippen MR) is 349 cm³/mol. The Bertz CT molecular complexity index is 4250. The highest BCUT2D eigenvalue weighted by Crippen LogP contribution is 2.32. The van der Waals surface area contributed by atoms with Gasteiger partial charge in [0.05, 0.1) is 187 Å². The number of aliphatic hydroxyl groups excluding tert-OH is 2. The Morgan fingerprint density at radius 2 is 0.758 bits per heavy atom. The lowest BCUT2D eigenvalue weighted by Gasteiger charge is -2.25. The van der Waals surface area contributed by atoms with E-state index in [-0.39, 0.29) is 6.54 Å². The molecule has 0 radical (unpaired) electrons. The largest absolute Gasteiger partial charge is 0.390 e. The van der Waals surface area contributed by atoms with Gasteiger partial charge in [-0.15, -0.1) is 0 Å². The first kappa shape index (κ1) is 64.9. The normalized spacial score (nSPS) is 13.1. The molecule has 12 aromatic heterocycles. The molecule has 91 heavy (non-hydrogen) atoms. The fourth-order valence-corrected chi connectivity index (χ4v) is 11.0. The maximum Gasteiger partial charge on any atom is 0.0999 e. The van der Waals surface area contributed by atoms with Gasteiger partial charge in [-0.25, -0.2) is 28.5 Å². The second-order valence-electron chi connectivity index (χ2n) is 23.9. The van der Waals surface area contributed by atoms with Crippen molar-refractivity contribution in [1.29, 1.82) is 0 Å². The summed E-state index contributed by atoms with van der Waals surface area (Å²) in [6.07, 6.45) is 38.7. The van der Waals surface area contributed by atoms with E-state index in [9.17, 15) is 15.3 Å². The minimum Gasteiger partial charge on any atom is -0.390 e. The van der Waals surface area contributed by atoms with E-state index in [1.807, 2.05) is 121 Å². The summed E-state index contributed by atoms with van der Waals surface area (Å²) in [6.45, 7) is 18.4. The van der Waals surface area contributed by atoms with Crippen LogP contribution in [0.4, 0.5) is 0 Å². The standard InChI is InChI=1S/2C22H30N8O.C20H26N8O/c1-5-18(6-2)29-12-17(10-25-29)22-21-7-8-23-30(21)15-20(26-22)16-9-24-28(11-16)14-19(31)13-27(3)4;1-5-17(6-2)29-12-16(10-26-29)21-19-7-8-24-30(19)13-18(27-21)15-9-25-28(11-15)14-20(23)22(3,4)31;1-3-16(4-2)27-11-15(9-24-27)20-19-5-6-22-28(19)13-18(25-20)14-8-23-26(10-14)12-17(29)7-21/h7-12,15,18-19,31H,5-6,13-14H2,1-4H3;7-13,17,20,31H,5-6,14,23H2,1-4H3;5-6,8-11,13,16-17,29H,3-4,7,12,21H2,1-2H3/t19-;20-;/m10./s1. The van der Waals surface area contributed by atoms with Crippen LogP contribution in [-0.2, 0) is 19.6 Å². The highest BCUT2D eigenvalue weighted by molar-refractivity contribution is 5.80. The van der Waals surface area contributed by atoms with Gasteiger partial charge in [0.25, 0.3) is 0 Å². The molecule has 0 fully saturated rings. The SMILES string of the molecule is CCC(CC)n1cc(-c2nc(-c3cnn(CC(O)CN)c3)cn3nccc23)cn1.CCC(CC)n1cc(-c2nc(-c3cnn(C[C@H](N)C(C)(C)O)c3)cn3nccc23)cn1.CCC(CC)n1cc(-c2nc(-c3cnn(C[C@H](O)CN(C)C)c3)cn3nccc23)cn1. The summed E-state index contributed by atoms with van der Waals surface area (Å²) in [5.74, 6) is 0. The van der Waals surface area contributed by atoms with E-state index in [1.165, 1.54) is 0 Å². The Morgan fingerprint density at radius 1 is 0.440 bits per heavy atom. The van der Waals surface area contributed by atoms with E-state index in [2.05, 4.69) is 106 Å². The van der Waals surface area contributed by atoms with Crippen LogP contribution in [0.1, 0.15) is 112 Å². The maximum atomic E-state index is 10.2. The van der Waals surface area contributed by atoms with Crippen molar-refractivity contribution in [2.75, 3.05) is 27.2 Å². The van der Waals surface area contributed by atoms with E-state index >= 15 is 0 Å². The molecule has 0 spiro atoms. The van der Waals surface area contributed by atoms with Gasteiger partial charge in [0, 0.05) is 83.7 Å². The van der Waals surface area contributed by atoms with Crippen LogP contribution >= 0.6 is 0 Å². The summed E-state index contributed by atoms with van der Waals surface area (Å²) < 4.78 is 16.7. The van der Waals surface area contributed by atoms with Gasteiger partial charge in [-0.3, -0.25) is 28.1 Å². The van der Waals surface area contributed by atoms with E-state index < -0.39 is 23.9 Å². The smallest absolute Gasteiger partial charge is 0.0999 e. The maximum absolute atomic E-state index is 10.2. The van der Waals surface area contributed by atoms with Crippen molar-refractivity contribution in [3.05, 3.63) is 130 Å². The molecule has 1 unspecified atom stereocenters. The zero-order valence-corrected chi connectivity index (χ0v) is 53.7. The zero-order valence-electron chi connectivity index (χ0n) is 53.7. The van der Waals surface area contributed by atoms with Gasteiger partial charge in [0.2, 0.25) is 0 Å². The molecule has 0 aliphatic carbocycles. The molecule has 27 heteroatoms. The van der Waals surface area contributed by atoms with Gasteiger partial charge in [-0.2, -0.15) is 45.9 Å². The third kappa shape index (κ3) is 15.0. The number of aromatic nitrogens is 21. The van der Waals surface area contributed by atoms with Crippen LogP contribution in [0.25, 0.3) is 84.1 Å². The molecular weight excluding hydrogens is 1150 g/mol. The molecule has 0 amide bonds. The van der Waals surface area contributed by atoms with Crippen LogP contribution in [0.5, 0.6) is 0 Å². The van der Waals surface area contributed by atoms with E-state index in [1.54, 1.807) is 65.1 Å². The van der Waals surface area contributed by atoms with Crippen LogP contribution in [0.2, 0.25) is 0 Å². The molecule has 12 heterocycles. The second kappa shape index (κ2) is 28.8. The fraction of sp³-hybridized carbons (Fsp3) is 0.438. The first-order valence-corrected chi connectivity index (χ1v) is 31.3. The van der Waals surface area contributed by atoms with Crippen LogP contribution in [0.3, 0.4) is 0 Å². The lowest BCUT2D eigenvalue weighted by atomic mass is 10.0. The van der Waals surface area contributed by atoms with Crippen molar-refractivity contribution in [2.24, 2.45) is 11.5 Å². The van der Waals surface area contributed by atoms with Gasteiger partial charge >= 0.3 is 0 Å². The highest BCUT2D eigenvalue weighted by atomic mass is 16.3. The Morgan fingerprint density at radius 3 is 1.07 bits per heavy atom. The third-order valence-corrected chi connectivity index (χ3v) is 16.5. The number of rotatable bonds is 25. The molecule has 0 aromatic carbocycles. The number of hydrogen-bond acceptors (Lipinski definition) is 18. The molecule has 27 nitrogen and oxygen atoms in total.